The maximum absolute atomic E-state index is 12.6. The number of hydrogen-bond acceptors (Lipinski definition) is 13. The number of carbonyl (C=O) groups is 1. The van der Waals surface area contributed by atoms with E-state index in [-0.39, 0.29) is 57.0 Å². The molecule has 8 N–H and O–H groups in total. The van der Waals surface area contributed by atoms with Crippen molar-refractivity contribution >= 4 is 5.78 Å². The Hall–Kier alpha value is -0.810. The van der Waals surface area contributed by atoms with E-state index in [1.54, 1.807) is 0 Å². The summed E-state index contributed by atoms with van der Waals surface area (Å²) >= 11 is 0. The van der Waals surface area contributed by atoms with Crippen LogP contribution < -0.4 is 0 Å². The van der Waals surface area contributed by atoms with E-state index in [0.29, 0.717) is 25.7 Å². The molecule has 0 radical (unpaired) electrons. The van der Waals surface area contributed by atoms with E-state index in [1.165, 1.54) is 6.92 Å². The first kappa shape index (κ1) is 42.3. The second-order valence-corrected chi connectivity index (χ2v) is 20.5. The van der Waals surface area contributed by atoms with Gasteiger partial charge in [0.15, 0.2) is 12.6 Å². The first-order valence-electron chi connectivity index (χ1n) is 21.1. The number of rotatable bonds is 10. The van der Waals surface area contributed by atoms with Crippen LogP contribution in [0.2, 0.25) is 0 Å². The van der Waals surface area contributed by atoms with Crippen molar-refractivity contribution in [1.82, 2.24) is 0 Å². The molecule has 13 heteroatoms. The van der Waals surface area contributed by atoms with E-state index in [0.717, 1.165) is 32.1 Å². The third-order valence-electron chi connectivity index (χ3n) is 17.4. The van der Waals surface area contributed by atoms with Crippen molar-refractivity contribution < 1.29 is 64.6 Å². The summed E-state index contributed by atoms with van der Waals surface area (Å²) in [5, 5.41) is 87.8. The van der Waals surface area contributed by atoms with Crippen LogP contribution in [0, 0.1) is 56.7 Å². The zero-order valence-electron chi connectivity index (χ0n) is 34.1. The van der Waals surface area contributed by atoms with Gasteiger partial charge in [-0.25, -0.2) is 0 Å². The van der Waals surface area contributed by atoms with Crippen LogP contribution in [-0.4, -0.2) is 133 Å². The normalized spacial score (nSPS) is 54.9. The van der Waals surface area contributed by atoms with Crippen LogP contribution in [0.25, 0.3) is 0 Å². The molecular formula is C42H70O13. The van der Waals surface area contributed by atoms with Crippen molar-refractivity contribution in [3.8, 4) is 0 Å². The van der Waals surface area contributed by atoms with Crippen LogP contribution >= 0.6 is 0 Å². The molecule has 316 valence electrons. The van der Waals surface area contributed by atoms with Gasteiger partial charge in [0.25, 0.3) is 0 Å². The molecule has 2 heterocycles. The molecule has 13 nitrogen and oxygen atoms in total. The van der Waals surface area contributed by atoms with Crippen molar-refractivity contribution in [2.24, 2.45) is 56.7 Å². The molecule has 5 aliphatic carbocycles. The van der Waals surface area contributed by atoms with Crippen molar-refractivity contribution in [1.29, 1.82) is 0 Å². The van der Waals surface area contributed by atoms with E-state index in [2.05, 4.69) is 34.6 Å². The number of fused-ring (bicyclic) bond motifs is 2. The molecule has 2 spiro atoms. The van der Waals surface area contributed by atoms with Gasteiger partial charge in [0.05, 0.1) is 31.0 Å². The molecule has 0 bridgehead atoms. The second kappa shape index (κ2) is 14.4. The zero-order valence-corrected chi connectivity index (χ0v) is 34.1. The average Bonchev–Trinajstić information content (AvgIpc) is 3.76. The number of Topliss-reactive ketones (excluding diaryl/α,β-unsaturated/α-hetero) is 1. The highest BCUT2D eigenvalue weighted by molar-refractivity contribution is 5.80. The van der Waals surface area contributed by atoms with E-state index in [4.69, 9.17) is 18.9 Å². The first-order chi connectivity index (χ1) is 25.6. The van der Waals surface area contributed by atoms with Crippen LogP contribution in [0.3, 0.4) is 0 Å². The van der Waals surface area contributed by atoms with Gasteiger partial charge >= 0.3 is 0 Å². The van der Waals surface area contributed by atoms with E-state index < -0.39 is 91.7 Å². The summed E-state index contributed by atoms with van der Waals surface area (Å²) in [5.74, 6) is 0.815. The lowest BCUT2D eigenvalue weighted by Gasteiger charge is -2.64. The summed E-state index contributed by atoms with van der Waals surface area (Å²) in [6.45, 7) is 16.0. The SMILES string of the molecule is CC(C)C(=O)CCC(C)C1[C@@H](O)CC2(C)C3CCC4C(C)(C)[C@@H](O[C@@H]5O[C@H](CO)[C@@H](O)[C@H](O)[C@H]5O[C@@H]5O[C@@H](C)[C@@H](O)[C@@H](O)[C@H]5O)CC[C@@]45C[C@@]35C(O)C[C@]12C. The van der Waals surface area contributed by atoms with Gasteiger partial charge in [0, 0.05) is 17.8 Å². The number of aliphatic hydroxyl groups is 8. The van der Waals surface area contributed by atoms with Gasteiger partial charge in [-0.3, -0.25) is 4.79 Å². The molecule has 5 saturated carbocycles. The highest BCUT2D eigenvalue weighted by Crippen LogP contribution is 2.89. The maximum Gasteiger partial charge on any atom is 0.187 e. The predicted octanol–water partition coefficient (Wildman–Crippen LogP) is 2.05. The predicted molar refractivity (Wildman–Crippen MR) is 198 cm³/mol. The molecule has 0 aromatic rings. The fraction of sp³-hybridized carbons (Fsp3) is 0.976. The highest BCUT2D eigenvalue weighted by atomic mass is 16.8. The Labute approximate surface area is 326 Å². The number of hydrogen-bond donors (Lipinski definition) is 8. The molecule has 21 atom stereocenters. The molecule has 7 fully saturated rings. The molecular weight excluding hydrogens is 712 g/mol. The highest BCUT2D eigenvalue weighted by Gasteiger charge is 2.85. The maximum atomic E-state index is 12.6. The lowest BCUT2D eigenvalue weighted by molar-refractivity contribution is -0.375. The van der Waals surface area contributed by atoms with Gasteiger partial charge in [0.1, 0.15) is 48.5 Å². The first-order valence-corrected chi connectivity index (χ1v) is 21.1. The summed E-state index contributed by atoms with van der Waals surface area (Å²) in [4.78, 5) is 12.6. The van der Waals surface area contributed by atoms with Crippen LogP contribution in [0.5, 0.6) is 0 Å². The average molecular weight is 783 g/mol. The number of aliphatic hydroxyl groups excluding tert-OH is 8. The van der Waals surface area contributed by atoms with E-state index >= 15 is 0 Å². The minimum Gasteiger partial charge on any atom is -0.394 e. The summed E-state index contributed by atoms with van der Waals surface area (Å²) < 4.78 is 24.5. The monoisotopic (exact) mass is 782 g/mol. The van der Waals surface area contributed by atoms with Gasteiger partial charge in [-0.05, 0) is 104 Å². The molecule has 55 heavy (non-hydrogen) atoms. The summed E-state index contributed by atoms with van der Waals surface area (Å²) in [7, 11) is 0. The fourth-order valence-electron chi connectivity index (χ4n) is 14.3. The fourth-order valence-corrected chi connectivity index (χ4v) is 14.3. The van der Waals surface area contributed by atoms with E-state index in [1.807, 2.05) is 13.8 Å². The summed E-state index contributed by atoms with van der Waals surface area (Å²) in [6.07, 6.45) is -8.54. The molecule has 7 rings (SSSR count). The minimum absolute atomic E-state index is 0.00333. The Kier molecular flexibility index (Phi) is 11.1. The summed E-state index contributed by atoms with van der Waals surface area (Å²) in [5.41, 5.74) is -1.27. The molecule has 6 unspecified atom stereocenters. The van der Waals surface area contributed by atoms with E-state index in [9.17, 15) is 45.6 Å². The Morgan fingerprint density at radius 3 is 2.11 bits per heavy atom. The standard InChI is InChI=1S/C42H70O13/c1-19(2)22(44)10-9-20(3)29-23(45)15-39(7)26-12-11-25-38(5,6)28(13-14-41(25)18-42(26,41)27(46)16-40(29,39)8)54-37-35(33(50)31(48)24(17-43)53-37)55-36-34(51)32(49)30(47)21(4)52-36/h19-21,23-37,43,45-51H,9-18H2,1-8H3/t20?,21-,23-,24+,25?,26?,27?,28-,29?,30+,31+,32+,33-,34+,35+,36-,37-,39?,40+,41+,42-/m0/s1. The number of ether oxygens (including phenoxy) is 4. The molecule has 0 aromatic heterocycles. The van der Waals surface area contributed by atoms with Crippen molar-refractivity contribution in [3.05, 3.63) is 0 Å². The van der Waals surface area contributed by atoms with Gasteiger partial charge in [-0.1, -0.05) is 48.5 Å². The zero-order chi connectivity index (χ0) is 40.4. The third-order valence-corrected chi connectivity index (χ3v) is 17.4. The summed E-state index contributed by atoms with van der Waals surface area (Å²) in [6, 6.07) is 0. The number of ketones is 1. The quantitative estimate of drug-likeness (QED) is 0.149. The second-order valence-electron chi connectivity index (χ2n) is 20.5. The smallest absolute Gasteiger partial charge is 0.187 e. The van der Waals surface area contributed by atoms with Gasteiger partial charge < -0.3 is 59.8 Å². The topological polar surface area (TPSA) is 216 Å². The Morgan fingerprint density at radius 2 is 1.45 bits per heavy atom. The van der Waals surface area contributed by atoms with Crippen molar-refractivity contribution in [3.63, 3.8) is 0 Å². The van der Waals surface area contributed by atoms with Crippen LogP contribution in [0.4, 0.5) is 0 Å². The van der Waals surface area contributed by atoms with Crippen molar-refractivity contribution in [2.45, 2.75) is 193 Å². The van der Waals surface area contributed by atoms with Crippen LogP contribution in [-0.2, 0) is 23.7 Å². The number of carbonyl (C=O) groups excluding carboxylic acids is 1. The Morgan fingerprint density at radius 1 is 0.782 bits per heavy atom. The minimum atomic E-state index is -1.65. The van der Waals surface area contributed by atoms with Gasteiger partial charge in [-0.2, -0.15) is 0 Å². The van der Waals surface area contributed by atoms with Gasteiger partial charge in [-0.15, -0.1) is 0 Å². The lowest BCUT2D eigenvalue weighted by atomic mass is 9.41. The molecule has 7 aliphatic rings. The van der Waals surface area contributed by atoms with Crippen molar-refractivity contribution in [2.75, 3.05) is 6.61 Å². The lowest BCUT2D eigenvalue weighted by Crippen LogP contribution is -2.65. The van der Waals surface area contributed by atoms with Gasteiger partial charge in [0.2, 0.25) is 0 Å². The molecule has 2 saturated heterocycles. The Bertz CT molecular complexity index is 1430. The van der Waals surface area contributed by atoms with Crippen LogP contribution in [0.1, 0.15) is 113 Å². The molecule has 0 aromatic carbocycles. The molecule has 0 amide bonds. The largest absolute Gasteiger partial charge is 0.394 e. The molecule has 2 aliphatic heterocycles. The Balaban J connectivity index is 1.11. The van der Waals surface area contributed by atoms with Crippen LogP contribution in [0.15, 0.2) is 0 Å². The third kappa shape index (κ3) is 6.10.